The van der Waals surface area contributed by atoms with Gasteiger partial charge >= 0.3 is 5.97 Å². The molecule has 0 unspecified atom stereocenters. The highest BCUT2D eigenvalue weighted by molar-refractivity contribution is 5.78. The van der Waals surface area contributed by atoms with Crippen LogP contribution < -0.4 is 0 Å². The van der Waals surface area contributed by atoms with E-state index in [0.29, 0.717) is 6.61 Å². The van der Waals surface area contributed by atoms with Crippen molar-refractivity contribution >= 4 is 5.97 Å². The van der Waals surface area contributed by atoms with E-state index in [9.17, 15) is 4.79 Å². The molecule has 0 spiro atoms. The number of hydrogen-bond acceptors (Lipinski definition) is 5. The van der Waals surface area contributed by atoms with Gasteiger partial charge in [0.15, 0.2) is 5.60 Å². The Hall–Kier alpha value is -1.43. The number of ether oxygens (including phenoxy) is 3. The van der Waals surface area contributed by atoms with E-state index < -0.39 is 5.60 Å². The summed E-state index contributed by atoms with van der Waals surface area (Å²) in [5, 5.41) is 0. The van der Waals surface area contributed by atoms with Crippen molar-refractivity contribution in [3.8, 4) is 0 Å². The van der Waals surface area contributed by atoms with Crippen molar-refractivity contribution < 1.29 is 19.0 Å². The van der Waals surface area contributed by atoms with Crippen LogP contribution in [0.2, 0.25) is 0 Å². The number of carbonyl (C=O) groups excluding carboxylic acids is 1. The minimum atomic E-state index is -0.929. The molecule has 0 aliphatic carbocycles. The van der Waals surface area contributed by atoms with Crippen LogP contribution in [0.15, 0.2) is 30.3 Å². The van der Waals surface area contributed by atoms with Gasteiger partial charge in [0.2, 0.25) is 0 Å². The summed E-state index contributed by atoms with van der Waals surface area (Å²) in [5.41, 5.74) is 0.0427. The maximum atomic E-state index is 12.1. The molecule has 122 valence electrons. The lowest BCUT2D eigenvalue weighted by molar-refractivity contribution is -0.170. The first kappa shape index (κ1) is 16.9. The van der Waals surface area contributed by atoms with Crippen LogP contribution in [0.25, 0.3) is 0 Å². The SMILES string of the molecule is CC(C)(OCCN1CCOCC1)C(=O)OCc1ccccc1. The molecule has 1 heterocycles. The first-order valence-electron chi connectivity index (χ1n) is 7.73. The first-order chi connectivity index (χ1) is 10.6. The predicted octanol–water partition coefficient (Wildman–Crippen LogP) is 1.86. The molecule has 1 aliphatic rings. The molecule has 1 aromatic rings. The van der Waals surface area contributed by atoms with Gasteiger partial charge in [-0.3, -0.25) is 4.90 Å². The minimum absolute atomic E-state index is 0.274. The van der Waals surface area contributed by atoms with Gasteiger partial charge in [-0.05, 0) is 19.4 Å². The number of rotatable bonds is 7. The predicted molar refractivity (Wildman–Crippen MR) is 83.5 cm³/mol. The van der Waals surface area contributed by atoms with Gasteiger partial charge in [0.05, 0.1) is 19.8 Å². The van der Waals surface area contributed by atoms with Crippen molar-refractivity contribution in [2.24, 2.45) is 0 Å². The Morgan fingerprint density at radius 3 is 2.59 bits per heavy atom. The number of hydrogen-bond donors (Lipinski definition) is 0. The molecular formula is C17H25NO4. The molecule has 1 fully saturated rings. The lowest BCUT2D eigenvalue weighted by Crippen LogP contribution is -2.42. The van der Waals surface area contributed by atoms with E-state index in [2.05, 4.69) is 4.90 Å². The van der Waals surface area contributed by atoms with E-state index in [1.165, 1.54) is 0 Å². The van der Waals surface area contributed by atoms with Crippen LogP contribution in [0, 0.1) is 0 Å². The standard InChI is InChI=1S/C17H25NO4/c1-17(2,22-13-10-18-8-11-20-12-9-18)16(19)21-14-15-6-4-3-5-7-15/h3-7H,8-14H2,1-2H3. The molecule has 0 radical (unpaired) electrons. The largest absolute Gasteiger partial charge is 0.459 e. The van der Waals surface area contributed by atoms with Crippen LogP contribution >= 0.6 is 0 Å². The number of esters is 1. The van der Waals surface area contributed by atoms with Crippen LogP contribution in [-0.4, -0.2) is 55.9 Å². The lowest BCUT2D eigenvalue weighted by Gasteiger charge is -2.28. The average molecular weight is 307 g/mol. The van der Waals surface area contributed by atoms with Crippen molar-refractivity contribution in [3.05, 3.63) is 35.9 Å². The highest BCUT2D eigenvalue weighted by Gasteiger charge is 2.30. The highest BCUT2D eigenvalue weighted by atomic mass is 16.6. The first-order valence-corrected chi connectivity index (χ1v) is 7.73. The van der Waals surface area contributed by atoms with Crippen LogP contribution in [-0.2, 0) is 25.6 Å². The summed E-state index contributed by atoms with van der Waals surface area (Å²) in [6, 6.07) is 9.64. The summed E-state index contributed by atoms with van der Waals surface area (Å²) < 4.78 is 16.4. The maximum absolute atomic E-state index is 12.1. The Labute approximate surface area is 132 Å². The smallest absolute Gasteiger partial charge is 0.338 e. The van der Waals surface area contributed by atoms with Gasteiger partial charge in [-0.25, -0.2) is 4.79 Å². The van der Waals surface area contributed by atoms with Crippen molar-refractivity contribution in [3.63, 3.8) is 0 Å². The fourth-order valence-electron chi connectivity index (χ4n) is 2.21. The summed E-state index contributed by atoms with van der Waals surface area (Å²) in [7, 11) is 0. The summed E-state index contributed by atoms with van der Waals surface area (Å²) >= 11 is 0. The molecule has 5 heteroatoms. The van der Waals surface area contributed by atoms with E-state index in [-0.39, 0.29) is 12.6 Å². The van der Waals surface area contributed by atoms with Crippen LogP contribution in [0.4, 0.5) is 0 Å². The Kier molecular flexibility index (Phi) is 6.36. The van der Waals surface area contributed by atoms with Crippen LogP contribution in [0.1, 0.15) is 19.4 Å². The molecule has 22 heavy (non-hydrogen) atoms. The van der Waals surface area contributed by atoms with Crippen LogP contribution in [0.3, 0.4) is 0 Å². The molecule has 0 amide bonds. The number of morpholine rings is 1. The third-order valence-corrected chi connectivity index (χ3v) is 3.68. The molecule has 1 saturated heterocycles. The maximum Gasteiger partial charge on any atom is 0.338 e. The third-order valence-electron chi connectivity index (χ3n) is 3.68. The van der Waals surface area contributed by atoms with Gasteiger partial charge in [0, 0.05) is 19.6 Å². The van der Waals surface area contributed by atoms with E-state index >= 15 is 0 Å². The molecule has 1 aromatic carbocycles. The second kappa shape index (κ2) is 8.27. The monoisotopic (exact) mass is 307 g/mol. The van der Waals surface area contributed by atoms with Gasteiger partial charge < -0.3 is 14.2 Å². The Morgan fingerprint density at radius 2 is 1.91 bits per heavy atom. The van der Waals surface area contributed by atoms with Crippen molar-refractivity contribution in [2.75, 3.05) is 39.5 Å². The Morgan fingerprint density at radius 1 is 1.23 bits per heavy atom. The number of nitrogens with zero attached hydrogens (tertiary/aromatic N) is 1. The molecule has 0 N–H and O–H groups in total. The Bertz CT molecular complexity index is 455. The van der Waals surface area contributed by atoms with Crippen molar-refractivity contribution in [2.45, 2.75) is 26.1 Å². The van der Waals surface area contributed by atoms with E-state index in [1.54, 1.807) is 13.8 Å². The quantitative estimate of drug-likeness (QED) is 0.720. The summed E-state index contributed by atoms with van der Waals surface area (Å²) in [6.07, 6.45) is 0. The molecule has 1 aliphatic heterocycles. The van der Waals surface area contributed by atoms with Crippen molar-refractivity contribution in [1.29, 1.82) is 0 Å². The zero-order valence-corrected chi connectivity index (χ0v) is 13.4. The Balaban J connectivity index is 1.70. The molecule has 0 saturated carbocycles. The second-order valence-corrected chi connectivity index (χ2v) is 5.87. The fraction of sp³-hybridized carbons (Fsp3) is 0.588. The highest BCUT2D eigenvalue weighted by Crippen LogP contribution is 2.13. The molecule has 0 atom stereocenters. The lowest BCUT2D eigenvalue weighted by atomic mass is 10.1. The molecule has 5 nitrogen and oxygen atoms in total. The van der Waals surface area contributed by atoms with Gasteiger partial charge in [-0.2, -0.15) is 0 Å². The summed E-state index contributed by atoms with van der Waals surface area (Å²) in [4.78, 5) is 14.4. The average Bonchev–Trinajstić information content (AvgIpc) is 2.54. The van der Waals surface area contributed by atoms with Gasteiger partial charge in [-0.1, -0.05) is 30.3 Å². The zero-order chi connectivity index (χ0) is 15.8. The van der Waals surface area contributed by atoms with E-state index in [4.69, 9.17) is 14.2 Å². The molecule has 2 rings (SSSR count). The van der Waals surface area contributed by atoms with Gasteiger partial charge in [0.25, 0.3) is 0 Å². The summed E-state index contributed by atoms with van der Waals surface area (Å²) in [5.74, 6) is -0.335. The second-order valence-electron chi connectivity index (χ2n) is 5.87. The van der Waals surface area contributed by atoms with Gasteiger partial charge in [-0.15, -0.1) is 0 Å². The molecular weight excluding hydrogens is 282 g/mol. The van der Waals surface area contributed by atoms with E-state index in [0.717, 1.165) is 38.4 Å². The third kappa shape index (κ3) is 5.40. The zero-order valence-electron chi connectivity index (χ0n) is 13.4. The van der Waals surface area contributed by atoms with Gasteiger partial charge in [0.1, 0.15) is 6.61 Å². The number of carbonyl (C=O) groups is 1. The van der Waals surface area contributed by atoms with Crippen molar-refractivity contribution in [1.82, 2.24) is 4.90 Å². The number of benzene rings is 1. The molecule has 0 aromatic heterocycles. The minimum Gasteiger partial charge on any atom is -0.459 e. The summed E-state index contributed by atoms with van der Waals surface area (Å²) in [6.45, 7) is 8.46. The topological polar surface area (TPSA) is 48.0 Å². The van der Waals surface area contributed by atoms with E-state index in [1.807, 2.05) is 30.3 Å². The fourth-order valence-corrected chi connectivity index (χ4v) is 2.21. The molecule has 0 bridgehead atoms. The van der Waals surface area contributed by atoms with Crippen LogP contribution in [0.5, 0.6) is 0 Å². The normalized spacial score (nSPS) is 16.5.